The Kier molecular flexibility index (Phi) is 32.0. The average molecular weight is 2010 g/mol. The van der Waals surface area contributed by atoms with E-state index in [1.54, 1.807) is 121 Å². The van der Waals surface area contributed by atoms with Crippen LogP contribution in [0, 0.1) is 0 Å². The molecule has 0 radical (unpaired) electrons. The topological polar surface area (TPSA) is 263 Å². The van der Waals surface area contributed by atoms with Crippen molar-refractivity contribution in [3.63, 3.8) is 0 Å². The van der Waals surface area contributed by atoms with E-state index in [0.717, 1.165) is 167 Å². The molecule has 12 aromatic rings. The molecule has 9 aliphatic heterocycles. The third kappa shape index (κ3) is 20.3. The Morgan fingerprint density at radius 2 is 0.707 bits per heavy atom. The van der Waals surface area contributed by atoms with Crippen molar-refractivity contribution in [2.75, 3.05) is 210 Å². The lowest BCUT2D eigenvalue weighted by atomic mass is 9.86. The maximum atomic E-state index is 11.6. The first kappa shape index (κ1) is 104. The van der Waals surface area contributed by atoms with Crippen LogP contribution in [0.5, 0.6) is 161 Å². The summed E-state index contributed by atoms with van der Waals surface area (Å²) in [6.07, 6.45) is 7.14. The van der Waals surface area contributed by atoms with Crippen molar-refractivity contribution in [1.29, 1.82) is 0 Å². The Morgan fingerprint density at radius 3 is 1.29 bits per heavy atom. The summed E-state index contributed by atoms with van der Waals surface area (Å²) in [7, 11) is 42.1. The van der Waals surface area contributed by atoms with Crippen LogP contribution >= 0.6 is 0 Å². The zero-order chi connectivity index (χ0) is 104. The third-order valence-corrected chi connectivity index (χ3v) is 29.9. The first-order valence-electron chi connectivity index (χ1n) is 49.3. The largest absolute Gasteiger partial charge is 0.504 e. The number of hydrogen-bond acceptors (Lipinski definition) is 30. The van der Waals surface area contributed by atoms with Crippen LogP contribution in [0.25, 0.3) is 0 Å². The molecule has 0 saturated heterocycles. The Labute approximate surface area is 861 Å². The number of likely N-dealkylation sites (N-methyl/N-ethyl adjacent to an activating group) is 6. The normalized spacial score (nSPS) is 17.8. The molecule has 9 heterocycles. The first-order chi connectivity index (χ1) is 71.3. The molecule has 2 N–H and O–H groups in total. The quantitative estimate of drug-likeness (QED) is 0.0461. The van der Waals surface area contributed by atoms with Gasteiger partial charge in [-0.1, -0.05) is 36.4 Å². The van der Waals surface area contributed by atoms with E-state index in [1.165, 1.54) is 34.9 Å². The highest BCUT2D eigenvalue weighted by Crippen LogP contribution is 2.58. The predicted octanol–water partition coefficient (Wildman–Crippen LogP) is 20.2. The van der Waals surface area contributed by atoms with Crippen LogP contribution in [0.4, 0.5) is 0 Å². The Morgan fingerprint density at radius 1 is 0.272 bits per heavy atom. The maximum absolute atomic E-state index is 11.6. The molecule has 0 saturated carbocycles. The van der Waals surface area contributed by atoms with E-state index in [1.807, 2.05) is 98.0 Å². The smallest absolute Gasteiger partial charge is 0.203 e. The van der Waals surface area contributed by atoms with Gasteiger partial charge in [0.15, 0.2) is 115 Å². The van der Waals surface area contributed by atoms with Gasteiger partial charge in [0, 0.05) is 91.3 Å². The van der Waals surface area contributed by atoms with Crippen molar-refractivity contribution < 1.29 is 114 Å². The van der Waals surface area contributed by atoms with Crippen molar-refractivity contribution in [2.45, 2.75) is 94.0 Å². The fourth-order valence-electron chi connectivity index (χ4n) is 22.2. The van der Waals surface area contributed by atoms with E-state index < -0.39 is 0 Å². The van der Waals surface area contributed by atoms with Gasteiger partial charge < -0.3 is 114 Å². The second-order valence-corrected chi connectivity index (χ2v) is 37.7. The van der Waals surface area contributed by atoms with Gasteiger partial charge in [-0.15, -0.1) is 0 Å². The zero-order valence-electron chi connectivity index (χ0n) is 88.6. The molecular weight excluding hydrogens is 1870 g/mol. The van der Waals surface area contributed by atoms with Crippen LogP contribution in [-0.4, -0.2) is 249 Å². The Hall–Kier alpha value is -14.4. The SMILES string of the molecule is COc1cc(Oc2ccc(C[C@H]3c4cc(OC)c(OC)c(OC)c4CCN3C)cc2OC)c([C@H]2c3cc(OC)c(OC)c(O)c3CCN2C)cc1OC.COc1cc2c(cc1OC)[C@H](c1ccc(Oc3cc(C[C@H]4c5cc(OC)c(OC)c(OC)c5CCN4C)cc(OC)c3OC)cc1)N(C)CC2.COc1ccc2cc1Oc1ccc(cc1)C[C@H]1c3cc(OC)c(cc3CCN1C)Oc1c(O)c(OC)cc3c1[C@H]2N(C)CC3. The summed E-state index contributed by atoms with van der Waals surface area (Å²) in [6.45, 7) is 5.07. The minimum Gasteiger partial charge on any atom is -0.504 e. The highest BCUT2D eigenvalue weighted by Gasteiger charge is 2.41. The van der Waals surface area contributed by atoms with E-state index in [9.17, 15) is 10.2 Å². The predicted molar refractivity (Wildman–Crippen MR) is 562 cm³/mol. The van der Waals surface area contributed by atoms with Crippen molar-refractivity contribution in [3.05, 3.63) is 258 Å². The van der Waals surface area contributed by atoms with E-state index in [4.69, 9.17) is 104 Å². The fourth-order valence-corrected chi connectivity index (χ4v) is 22.2. The second kappa shape index (κ2) is 45.3. The van der Waals surface area contributed by atoms with E-state index in [0.29, 0.717) is 152 Å². The molecule has 30 heteroatoms. The summed E-state index contributed by atoms with van der Waals surface area (Å²) in [6, 6.07) is 52.6. The highest BCUT2D eigenvalue weighted by molar-refractivity contribution is 5.69. The fraction of sp³-hybridized carbons (Fsp3) is 0.385. The lowest BCUT2D eigenvalue weighted by Crippen LogP contribution is -2.33. The van der Waals surface area contributed by atoms with Gasteiger partial charge in [0.1, 0.15) is 17.2 Å². The number of methoxy groups -OCH3 is 18. The first-order valence-corrected chi connectivity index (χ1v) is 49.3. The molecule has 8 bridgehead atoms. The maximum Gasteiger partial charge on any atom is 0.203 e. The number of aromatic hydroxyl groups is 2. The molecule has 0 amide bonds. The zero-order valence-corrected chi connectivity index (χ0v) is 88.6. The Bertz CT molecular complexity index is 6780. The number of phenols is 2. The van der Waals surface area contributed by atoms with E-state index >= 15 is 0 Å². The monoisotopic (exact) mass is 2010 g/mol. The van der Waals surface area contributed by atoms with Crippen molar-refractivity contribution >= 4 is 0 Å². The molecule has 0 spiro atoms. The average Bonchev–Trinajstić information content (AvgIpc) is 0.736. The number of benzene rings is 12. The van der Waals surface area contributed by atoms with Crippen LogP contribution in [0.1, 0.15) is 136 Å². The van der Waals surface area contributed by atoms with Gasteiger partial charge in [0.05, 0.1) is 146 Å². The minimum absolute atomic E-state index is 0.0390. The Balaban J connectivity index is 0.000000151. The van der Waals surface area contributed by atoms with Crippen LogP contribution in [0.15, 0.2) is 158 Å². The van der Waals surface area contributed by atoms with Gasteiger partial charge in [-0.3, -0.25) is 29.4 Å². The van der Waals surface area contributed by atoms with E-state index in [2.05, 4.69) is 131 Å². The van der Waals surface area contributed by atoms with Gasteiger partial charge >= 0.3 is 0 Å². The van der Waals surface area contributed by atoms with Crippen LogP contribution < -0.4 is 104 Å². The molecular formula is C117H136N6O24. The molecule has 21 rings (SSSR count). The van der Waals surface area contributed by atoms with E-state index in [-0.39, 0.29) is 47.8 Å². The van der Waals surface area contributed by atoms with Crippen molar-refractivity contribution in [2.24, 2.45) is 0 Å². The molecule has 6 atom stereocenters. The molecule has 12 aromatic carbocycles. The van der Waals surface area contributed by atoms with Gasteiger partial charge in [-0.05, 0) is 288 Å². The minimum atomic E-state index is -0.334. The summed E-state index contributed by atoms with van der Waals surface area (Å²) in [5, 5.41) is 22.9. The molecule has 0 unspecified atom stereocenters. The molecule has 0 aromatic heterocycles. The van der Waals surface area contributed by atoms with Crippen LogP contribution in [0.3, 0.4) is 0 Å². The number of phenolic OH excluding ortho intramolecular Hbond substituents is 2. The summed E-state index contributed by atoms with van der Waals surface area (Å²) in [4.78, 5) is 13.9. The van der Waals surface area contributed by atoms with Crippen LogP contribution in [-0.2, 0) is 57.8 Å². The van der Waals surface area contributed by atoms with Gasteiger partial charge in [0.25, 0.3) is 0 Å². The van der Waals surface area contributed by atoms with Crippen LogP contribution in [0.2, 0.25) is 0 Å². The van der Waals surface area contributed by atoms with Crippen molar-refractivity contribution in [3.8, 4) is 161 Å². The number of fused-ring (bicyclic) bond motifs is 5. The molecule has 0 fully saturated rings. The molecule has 0 aliphatic carbocycles. The molecule has 30 nitrogen and oxygen atoms in total. The molecule has 9 aliphatic rings. The number of hydrogen-bond donors (Lipinski definition) is 2. The lowest BCUT2D eigenvalue weighted by Gasteiger charge is -2.37. The van der Waals surface area contributed by atoms with Gasteiger partial charge in [0.2, 0.25) is 28.7 Å². The van der Waals surface area contributed by atoms with Crippen molar-refractivity contribution in [1.82, 2.24) is 29.4 Å². The summed E-state index contributed by atoms with van der Waals surface area (Å²) in [5.74, 6) is 15.2. The van der Waals surface area contributed by atoms with Gasteiger partial charge in [-0.2, -0.15) is 0 Å². The summed E-state index contributed by atoms with van der Waals surface area (Å²) in [5.41, 5.74) is 19.3. The highest BCUT2D eigenvalue weighted by atomic mass is 16.6. The van der Waals surface area contributed by atoms with Gasteiger partial charge in [-0.25, -0.2) is 0 Å². The number of ether oxygens (including phenoxy) is 22. The standard InChI is InChI=1S/C41H50N2O10.C40H48N2O8.C36H38N2O6/c1-42-15-14-25-26(19-36(49-7)41(52-10)39(25)50-8)29(42)17-23-11-12-30(32(18-23)45-3)53-31-22-34(47-5)33(46-4)21-28(31)37-27-20-35(48-6)40(51-9)38(44)24(27)13-16-43(37)2;1-41-17-15-28-30(23-35(46-6)40(49-9)38(28)47-7)31(41)18-24-19-34(45-5)39(48-8)36(20-24)50-27-12-10-25(11-13-27)37-29-22-33(44-4)32(43-3)21-26(29)14-16-42(37)2;1-37-14-12-22-17-31-29(41-4)20-26(22)27(37)16-21-6-9-25(10-7-21)43-30-19-24(8-11-28(30)40-3)34-33-23(13-15-38(34)2)18-32(42-5)35(39)36(33)44-31/h11-12,18-22,29,37,44H,13-17H2,1-10H3;10-13,19-23,31,37H,14-18H2,1-9H3;6-11,17-20,27,34,39H,12-16H2,1-5H3/t29-,37+;31-,37-;27-,34-/m000/s1. The number of nitrogens with zero attached hydrogens (tertiary/aromatic N) is 6. The lowest BCUT2D eigenvalue weighted by molar-refractivity contribution is 0.223. The second-order valence-electron chi connectivity index (χ2n) is 37.7. The molecule has 778 valence electrons. The summed E-state index contributed by atoms with van der Waals surface area (Å²) < 4.78 is 130. The number of rotatable bonds is 28. The molecule has 147 heavy (non-hydrogen) atoms. The third-order valence-electron chi connectivity index (χ3n) is 29.9. The summed E-state index contributed by atoms with van der Waals surface area (Å²) >= 11 is 0.